The fraction of sp³-hybridized carbons (Fsp3) is 0.800. The molecule has 0 aliphatic heterocycles. The summed E-state index contributed by atoms with van der Waals surface area (Å²) in [5, 5.41) is 0. The van der Waals surface area contributed by atoms with Gasteiger partial charge in [0, 0.05) is 0 Å². The van der Waals surface area contributed by atoms with Crippen LogP contribution < -0.4 is 0 Å². The van der Waals surface area contributed by atoms with E-state index in [1.165, 1.54) is 0 Å². The van der Waals surface area contributed by atoms with E-state index in [9.17, 15) is 0 Å². The summed E-state index contributed by atoms with van der Waals surface area (Å²) in [5.41, 5.74) is 0. The van der Waals surface area contributed by atoms with Gasteiger partial charge in [0.05, 0.1) is 6.61 Å². The Kier molecular flexibility index (Phi) is 13.8. The van der Waals surface area contributed by atoms with Crippen molar-refractivity contribution in [3.05, 3.63) is 0 Å². The Labute approximate surface area is 99.9 Å². The molecule has 0 amide bonds. The average Bonchev–Trinajstić information content (AvgIpc) is 1.66. The van der Waals surface area contributed by atoms with Gasteiger partial charge >= 0.3 is 37.7 Å². The zero-order chi connectivity index (χ0) is 6.41. The van der Waals surface area contributed by atoms with Crippen molar-refractivity contribution in [1.82, 2.24) is 0 Å². The molecule has 0 spiro atoms. The molecule has 0 saturated heterocycles. The molecule has 1 nitrogen and oxygen atoms in total. The Morgan fingerprint density at radius 2 is 2.33 bits per heavy atom. The Bertz CT molecular complexity index is 84.9. The van der Waals surface area contributed by atoms with E-state index in [1.54, 1.807) is 0 Å². The van der Waals surface area contributed by atoms with Gasteiger partial charge in [0.1, 0.15) is 0 Å². The second-order valence-corrected chi connectivity index (χ2v) is 2.55. The Balaban J connectivity index is -0.0000000817. The summed E-state index contributed by atoms with van der Waals surface area (Å²) in [7, 11) is 0. The normalized spacial score (nSPS) is 7.78. The summed E-state index contributed by atoms with van der Waals surface area (Å²) in [6.07, 6.45) is 2.19. The van der Waals surface area contributed by atoms with Crippen LogP contribution in [0.3, 0.4) is 0 Å². The zero-order valence-electron chi connectivity index (χ0n) is 7.59. The topological polar surface area (TPSA) is 9.23 Å². The minimum Gasteiger partial charge on any atom is -1.00 e. The standard InChI is InChI=1S/C5H10OS2.Ca.2H/c1-2-3-4-6-5(7)8;;;/h2-4H2,1H3,(H,7,8);;;/q;+2;2*-1. The van der Waals surface area contributed by atoms with Gasteiger partial charge in [-0.05, 0) is 18.6 Å². The van der Waals surface area contributed by atoms with Crippen LogP contribution >= 0.6 is 24.8 Å². The molecular weight excluding hydrogens is 180 g/mol. The van der Waals surface area contributed by atoms with Crippen molar-refractivity contribution in [1.29, 1.82) is 0 Å². The molecule has 0 aromatic rings. The van der Waals surface area contributed by atoms with E-state index in [0.29, 0.717) is 11.0 Å². The predicted molar refractivity (Wildman–Crippen MR) is 50.4 cm³/mol. The van der Waals surface area contributed by atoms with Crippen molar-refractivity contribution in [3.63, 3.8) is 0 Å². The first kappa shape index (κ1) is 13.1. The molecule has 0 atom stereocenters. The van der Waals surface area contributed by atoms with Crippen molar-refractivity contribution >= 4 is 67.0 Å². The van der Waals surface area contributed by atoms with Crippen molar-refractivity contribution < 1.29 is 7.59 Å². The van der Waals surface area contributed by atoms with Crippen molar-refractivity contribution in [3.8, 4) is 0 Å². The summed E-state index contributed by atoms with van der Waals surface area (Å²) in [6.45, 7) is 2.81. The van der Waals surface area contributed by atoms with Crippen LogP contribution in [0.4, 0.5) is 0 Å². The number of rotatable bonds is 3. The van der Waals surface area contributed by atoms with E-state index < -0.39 is 0 Å². The molecule has 0 heterocycles. The largest absolute Gasteiger partial charge is 2.00 e. The molecule has 4 heteroatoms. The number of thiol groups is 1. The Morgan fingerprint density at radius 1 is 1.78 bits per heavy atom. The van der Waals surface area contributed by atoms with Gasteiger partial charge in [-0.1, -0.05) is 26.0 Å². The average molecular weight is 192 g/mol. The minimum atomic E-state index is 0. The van der Waals surface area contributed by atoms with Crippen LogP contribution in [0, 0.1) is 0 Å². The fourth-order valence-corrected chi connectivity index (χ4v) is 0.478. The molecule has 0 aliphatic rings. The zero-order valence-corrected chi connectivity index (χ0v) is 9.51. The second-order valence-electron chi connectivity index (χ2n) is 1.47. The van der Waals surface area contributed by atoms with E-state index in [1.807, 2.05) is 0 Å². The number of thiocarbonyl (C=S) groups is 1. The van der Waals surface area contributed by atoms with Crippen LogP contribution in [-0.4, -0.2) is 48.7 Å². The maximum Gasteiger partial charge on any atom is 2.00 e. The summed E-state index contributed by atoms with van der Waals surface area (Å²) >= 11 is 8.33. The third-order valence-corrected chi connectivity index (χ3v) is 0.970. The molecular formula is C5H12CaOS2. The summed E-state index contributed by atoms with van der Waals surface area (Å²) in [6, 6.07) is 0. The smallest absolute Gasteiger partial charge is 1.00 e. The van der Waals surface area contributed by atoms with Crippen LogP contribution in [0.2, 0.25) is 0 Å². The van der Waals surface area contributed by atoms with Crippen LogP contribution in [0.5, 0.6) is 0 Å². The first-order valence-corrected chi connectivity index (χ1v) is 3.48. The van der Waals surface area contributed by atoms with Gasteiger partial charge in [0.2, 0.25) is 4.38 Å². The van der Waals surface area contributed by atoms with E-state index in [-0.39, 0.29) is 40.6 Å². The van der Waals surface area contributed by atoms with Crippen LogP contribution in [0.15, 0.2) is 0 Å². The van der Waals surface area contributed by atoms with Crippen molar-refractivity contribution in [2.24, 2.45) is 0 Å². The second kappa shape index (κ2) is 9.50. The SMILES string of the molecule is CCCCOC(=S)S.[Ca+2].[H-].[H-]. The molecule has 0 aliphatic carbocycles. The Morgan fingerprint density at radius 3 is 2.67 bits per heavy atom. The predicted octanol–water partition coefficient (Wildman–Crippen LogP) is 1.86. The first-order chi connectivity index (χ1) is 3.77. The third kappa shape index (κ3) is 12.6. The minimum absolute atomic E-state index is 0. The van der Waals surface area contributed by atoms with Gasteiger partial charge in [0.25, 0.3) is 0 Å². The van der Waals surface area contributed by atoms with Gasteiger partial charge in [0.15, 0.2) is 0 Å². The van der Waals surface area contributed by atoms with E-state index in [4.69, 9.17) is 4.74 Å². The van der Waals surface area contributed by atoms with E-state index in [2.05, 4.69) is 31.8 Å². The molecule has 0 rings (SSSR count). The van der Waals surface area contributed by atoms with Crippen molar-refractivity contribution in [2.45, 2.75) is 19.8 Å². The van der Waals surface area contributed by atoms with E-state index in [0.717, 1.165) is 12.8 Å². The quantitative estimate of drug-likeness (QED) is 0.316. The molecule has 0 unspecified atom stereocenters. The maximum absolute atomic E-state index is 4.88. The molecule has 0 N–H and O–H groups in total. The Hall–Kier alpha value is 1.50. The third-order valence-electron chi connectivity index (χ3n) is 0.723. The summed E-state index contributed by atoms with van der Waals surface area (Å²) in [5.74, 6) is 0. The first-order valence-electron chi connectivity index (χ1n) is 2.63. The van der Waals surface area contributed by atoms with E-state index >= 15 is 0 Å². The van der Waals surface area contributed by atoms with Gasteiger partial charge < -0.3 is 7.59 Å². The molecule has 0 aromatic heterocycles. The van der Waals surface area contributed by atoms with Gasteiger partial charge in [-0.15, -0.1) is 0 Å². The van der Waals surface area contributed by atoms with Crippen LogP contribution in [-0.2, 0) is 4.74 Å². The number of hydrogen-bond acceptors (Lipinski definition) is 2. The van der Waals surface area contributed by atoms with Gasteiger partial charge in [-0.2, -0.15) is 0 Å². The molecule has 9 heavy (non-hydrogen) atoms. The van der Waals surface area contributed by atoms with Crippen molar-refractivity contribution in [2.75, 3.05) is 6.61 Å². The molecule has 0 radical (unpaired) electrons. The molecule has 0 saturated carbocycles. The number of ether oxygens (including phenoxy) is 1. The molecule has 52 valence electrons. The summed E-state index contributed by atoms with van der Waals surface area (Å²) < 4.78 is 5.22. The van der Waals surface area contributed by atoms with Crippen LogP contribution in [0.25, 0.3) is 0 Å². The monoisotopic (exact) mass is 192 g/mol. The summed E-state index contributed by atoms with van der Waals surface area (Å²) in [4.78, 5) is 0. The maximum atomic E-state index is 4.88. The molecule has 0 bridgehead atoms. The number of unbranched alkanes of at least 4 members (excludes halogenated alkanes) is 1. The fourth-order valence-electron chi connectivity index (χ4n) is 0.304. The molecule has 0 aromatic carbocycles. The van der Waals surface area contributed by atoms with Gasteiger partial charge in [-0.3, -0.25) is 0 Å². The number of hydrogen-bond donors (Lipinski definition) is 1. The van der Waals surface area contributed by atoms with Gasteiger partial charge in [-0.25, -0.2) is 0 Å². The molecule has 0 fully saturated rings. The van der Waals surface area contributed by atoms with Crippen LogP contribution in [0.1, 0.15) is 22.6 Å².